The van der Waals surface area contributed by atoms with E-state index in [4.69, 9.17) is 0 Å². The molecule has 0 radical (unpaired) electrons. The molecule has 0 aliphatic rings. The van der Waals surface area contributed by atoms with Crippen molar-refractivity contribution in [3.05, 3.63) is 24.3 Å². The number of nitrogens with zero attached hydrogens (tertiary/aromatic N) is 1. The van der Waals surface area contributed by atoms with E-state index in [0.29, 0.717) is 5.52 Å². The van der Waals surface area contributed by atoms with E-state index < -0.39 is 12.1 Å². The van der Waals surface area contributed by atoms with Gasteiger partial charge in [0.2, 0.25) is 5.13 Å². The van der Waals surface area contributed by atoms with Crippen LogP contribution >= 0.6 is 11.3 Å². The van der Waals surface area contributed by atoms with Crippen LogP contribution in [0.15, 0.2) is 24.3 Å². The third-order valence-electron chi connectivity index (χ3n) is 1.83. The number of anilines is 1. The highest BCUT2D eigenvalue weighted by Crippen LogP contribution is 2.24. The topological polar surface area (TPSA) is 54.0 Å². The first-order valence-corrected chi connectivity index (χ1v) is 5.27. The number of carbonyl (C=O) groups is 1. The lowest BCUT2D eigenvalue weighted by Crippen LogP contribution is -2.40. The van der Waals surface area contributed by atoms with Gasteiger partial charge in [-0.25, -0.2) is 4.98 Å². The molecule has 0 saturated carbocycles. The van der Waals surface area contributed by atoms with Gasteiger partial charge >= 0.3 is 12.1 Å². The van der Waals surface area contributed by atoms with Crippen LogP contribution in [0.3, 0.4) is 0 Å². The number of benzene rings is 1. The number of hydrogen-bond donors (Lipinski definition) is 2. The third-order valence-corrected chi connectivity index (χ3v) is 2.79. The van der Waals surface area contributed by atoms with Crippen LogP contribution in [0.5, 0.6) is 0 Å². The maximum atomic E-state index is 11.9. The van der Waals surface area contributed by atoms with E-state index >= 15 is 0 Å². The highest BCUT2D eigenvalue weighted by atomic mass is 32.1. The average molecular weight is 261 g/mol. The molecule has 0 saturated heterocycles. The molecule has 1 aromatic heterocycles. The first-order valence-electron chi connectivity index (χ1n) is 4.45. The van der Waals surface area contributed by atoms with Gasteiger partial charge in [-0.2, -0.15) is 13.2 Å². The van der Waals surface area contributed by atoms with Gasteiger partial charge in [0, 0.05) is 0 Å². The van der Waals surface area contributed by atoms with Gasteiger partial charge in [-0.3, -0.25) is 15.6 Å². The van der Waals surface area contributed by atoms with Crippen molar-refractivity contribution in [1.29, 1.82) is 0 Å². The number of nitrogens with one attached hydrogen (secondary N) is 2. The highest BCUT2D eigenvalue weighted by Gasteiger charge is 2.38. The van der Waals surface area contributed by atoms with Crippen molar-refractivity contribution in [1.82, 2.24) is 10.4 Å². The van der Waals surface area contributed by atoms with Crippen LogP contribution in [0.1, 0.15) is 0 Å². The molecule has 0 bridgehead atoms. The minimum atomic E-state index is -4.91. The first-order chi connectivity index (χ1) is 7.97. The van der Waals surface area contributed by atoms with E-state index in [9.17, 15) is 18.0 Å². The molecular formula is C9H6F3N3OS. The summed E-state index contributed by atoms with van der Waals surface area (Å²) in [5, 5.41) is 0.198. The summed E-state index contributed by atoms with van der Waals surface area (Å²) in [5.74, 6) is -2.06. The minimum absolute atomic E-state index is 0.198. The number of para-hydroxylation sites is 1. The third kappa shape index (κ3) is 2.64. The quantitative estimate of drug-likeness (QED) is 0.815. The molecule has 2 rings (SSSR count). The summed E-state index contributed by atoms with van der Waals surface area (Å²) >= 11 is 1.15. The fourth-order valence-electron chi connectivity index (χ4n) is 1.11. The maximum Gasteiger partial charge on any atom is 0.472 e. The summed E-state index contributed by atoms with van der Waals surface area (Å²) in [5.41, 5.74) is 4.32. The standard InChI is InChI=1S/C9H6F3N3OS/c10-9(11,12)7(16)14-15-8-13-5-3-1-2-4-6(5)17-8/h1-4H,(H,13,15)(H,14,16). The van der Waals surface area contributed by atoms with Gasteiger partial charge < -0.3 is 0 Å². The maximum absolute atomic E-state index is 11.9. The average Bonchev–Trinajstić information content (AvgIpc) is 2.66. The van der Waals surface area contributed by atoms with Gasteiger partial charge in [-0.15, -0.1) is 0 Å². The number of hydrazine groups is 1. The number of fused-ring (bicyclic) bond motifs is 1. The fourth-order valence-corrected chi connectivity index (χ4v) is 1.93. The molecule has 0 unspecified atom stereocenters. The second-order valence-electron chi connectivity index (χ2n) is 3.06. The van der Waals surface area contributed by atoms with Gasteiger partial charge in [0.05, 0.1) is 10.2 Å². The van der Waals surface area contributed by atoms with Crippen LogP contribution in [-0.2, 0) is 4.79 Å². The molecule has 2 aromatic rings. The second kappa shape index (κ2) is 4.21. The van der Waals surface area contributed by atoms with Gasteiger partial charge in [0.25, 0.3) is 0 Å². The van der Waals surface area contributed by atoms with Crippen LogP contribution in [0.25, 0.3) is 10.2 Å². The van der Waals surface area contributed by atoms with Crippen LogP contribution in [-0.4, -0.2) is 17.1 Å². The molecule has 17 heavy (non-hydrogen) atoms. The Balaban J connectivity index is 2.07. The predicted molar refractivity (Wildman–Crippen MR) is 57.4 cm³/mol. The molecule has 4 nitrogen and oxygen atoms in total. The predicted octanol–water partition coefficient (Wildman–Crippen LogP) is 2.30. The molecular weight excluding hydrogens is 255 g/mol. The summed E-state index contributed by atoms with van der Waals surface area (Å²) in [6.45, 7) is 0. The number of alkyl halides is 3. The minimum Gasteiger partial charge on any atom is -0.273 e. The zero-order chi connectivity index (χ0) is 12.5. The normalized spacial score (nSPS) is 11.5. The number of carbonyl (C=O) groups excluding carboxylic acids is 1. The number of aromatic nitrogens is 1. The Bertz CT molecular complexity index is 519. The number of rotatable bonds is 2. The molecule has 0 atom stereocenters. The van der Waals surface area contributed by atoms with E-state index in [1.165, 1.54) is 5.43 Å². The Morgan fingerprint density at radius 3 is 2.65 bits per heavy atom. The second-order valence-corrected chi connectivity index (χ2v) is 4.09. The van der Waals surface area contributed by atoms with Crippen LogP contribution < -0.4 is 10.9 Å². The van der Waals surface area contributed by atoms with E-state index in [2.05, 4.69) is 10.4 Å². The Kier molecular flexibility index (Phi) is 2.88. The van der Waals surface area contributed by atoms with Gasteiger partial charge in [-0.1, -0.05) is 23.5 Å². The van der Waals surface area contributed by atoms with E-state index in [-0.39, 0.29) is 5.13 Å². The summed E-state index contributed by atoms with van der Waals surface area (Å²) in [4.78, 5) is 14.5. The highest BCUT2D eigenvalue weighted by molar-refractivity contribution is 7.22. The number of thiazole rings is 1. The van der Waals surface area contributed by atoms with E-state index in [1.807, 2.05) is 0 Å². The van der Waals surface area contributed by atoms with Crippen molar-refractivity contribution in [2.24, 2.45) is 0 Å². The molecule has 90 valence electrons. The van der Waals surface area contributed by atoms with Gasteiger partial charge in [-0.05, 0) is 12.1 Å². The number of amides is 1. The number of hydrogen-bond acceptors (Lipinski definition) is 4. The van der Waals surface area contributed by atoms with E-state index in [0.717, 1.165) is 16.0 Å². The summed E-state index contributed by atoms with van der Waals surface area (Å²) in [6.07, 6.45) is -4.91. The van der Waals surface area contributed by atoms with Crippen molar-refractivity contribution < 1.29 is 18.0 Å². The Morgan fingerprint density at radius 2 is 2.00 bits per heavy atom. The molecule has 2 N–H and O–H groups in total. The lowest BCUT2D eigenvalue weighted by molar-refractivity contribution is -0.173. The first kappa shape index (κ1) is 11.6. The zero-order valence-corrected chi connectivity index (χ0v) is 9.02. The summed E-state index contributed by atoms with van der Waals surface area (Å²) < 4.78 is 36.5. The van der Waals surface area contributed by atoms with Crippen LogP contribution in [0, 0.1) is 0 Å². The monoisotopic (exact) mass is 261 g/mol. The van der Waals surface area contributed by atoms with Crippen molar-refractivity contribution in [2.45, 2.75) is 6.18 Å². The van der Waals surface area contributed by atoms with E-state index in [1.54, 1.807) is 24.3 Å². The lowest BCUT2D eigenvalue weighted by atomic mass is 10.3. The van der Waals surface area contributed by atoms with Crippen molar-refractivity contribution in [2.75, 3.05) is 5.43 Å². The zero-order valence-electron chi connectivity index (χ0n) is 8.21. The van der Waals surface area contributed by atoms with Gasteiger partial charge in [0.1, 0.15) is 0 Å². The molecule has 8 heteroatoms. The Labute approximate surface area is 97.4 Å². The number of halogens is 3. The summed E-state index contributed by atoms with van der Waals surface area (Å²) in [7, 11) is 0. The van der Waals surface area contributed by atoms with Crippen LogP contribution in [0.2, 0.25) is 0 Å². The summed E-state index contributed by atoms with van der Waals surface area (Å²) in [6, 6.07) is 7.06. The van der Waals surface area contributed by atoms with Crippen molar-refractivity contribution >= 4 is 32.6 Å². The van der Waals surface area contributed by atoms with Crippen molar-refractivity contribution in [3.8, 4) is 0 Å². The smallest absolute Gasteiger partial charge is 0.273 e. The molecule has 1 aromatic carbocycles. The molecule has 0 aliphatic heterocycles. The Hall–Kier alpha value is -1.83. The molecule has 1 amide bonds. The molecule has 1 heterocycles. The SMILES string of the molecule is O=C(NNc1nc2ccccc2s1)C(F)(F)F. The molecule has 0 spiro atoms. The van der Waals surface area contributed by atoms with Crippen molar-refractivity contribution in [3.63, 3.8) is 0 Å². The Morgan fingerprint density at radius 1 is 1.29 bits per heavy atom. The molecule has 0 fully saturated rings. The van der Waals surface area contributed by atoms with Gasteiger partial charge in [0.15, 0.2) is 0 Å². The lowest BCUT2D eigenvalue weighted by Gasteiger charge is -2.07. The largest absolute Gasteiger partial charge is 0.472 e. The fraction of sp³-hybridized carbons (Fsp3) is 0.111. The molecule has 0 aliphatic carbocycles. The van der Waals surface area contributed by atoms with Crippen LogP contribution in [0.4, 0.5) is 18.3 Å².